The highest BCUT2D eigenvalue weighted by molar-refractivity contribution is 5.80. The SMILES string of the molecule is C(=N\n1cnnc1)/c1ccc(N2CCCCC2)cc1. The minimum Gasteiger partial charge on any atom is -0.372 e. The highest BCUT2D eigenvalue weighted by atomic mass is 15.4. The zero-order valence-electron chi connectivity index (χ0n) is 10.8. The molecule has 98 valence electrons. The summed E-state index contributed by atoms with van der Waals surface area (Å²) in [7, 11) is 0. The fourth-order valence-corrected chi connectivity index (χ4v) is 2.31. The molecular formula is C14H17N5. The van der Waals surface area contributed by atoms with Gasteiger partial charge in [-0.25, -0.2) is 4.68 Å². The van der Waals surface area contributed by atoms with Crippen molar-refractivity contribution < 1.29 is 0 Å². The summed E-state index contributed by atoms with van der Waals surface area (Å²) in [5.41, 5.74) is 2.38. The topological polar surface area (TPSA) is 46.3 Å². The second-order valence-electron chi connectivity index (χ2n) is 4.73. The van der Waals surface area contributed by atoms with Crippen LogP contribution in [0.4, 0.5) is 5.69 Å². The van der Waals surface area contributed by atoms with Crippen LogP contribution in [0.3, 0.4) is 0 Å². The molecule has 1 aliphatic heterocycles. The van der Waals surface area contributed by atoms with Crippen LogP contribution in [0.25, 0.3) is 0 Å². The molecule has 1 fully saturated rings. The van der Waals surface area contributed by atoms with Crippen molar-refractivity contribution in [3.05, 3.63) is 42.5 Å². The van der Waals surface area contributed by atoms with Crippen molar-refractivity contribution in [2.45, 2.75) is 19.3 Å². The van der Waals surface area contributed by atoms with Crippen molar-refractivity contribution in [2.24, 2.45) is 5.10 Å². The molecule has 1 aliphatic rings. The fourth-order valence-electron chi connectivity index (χ4n) is 2.31. The predicted octanol–water partition coefficient (Wildman–Crippen LogP) is 2.15. The number of anilines is 1. The van der Waals surface area contributed by atoms with E-state index in [1.165, 1.54) is 38.0 Å². The average molecular weight is 255 g/mol. The number of piperidine rings is 1. The summed E-state index contributed by atoms with van der Waals surface area (Å²) in [5, 5.41) is 11.6. The van der Waals surface area contributed by atoms with Gasteiger partial charge in [0.25, 0.3) is 0 Å². The quantitative estimate of drug-likeness (QED) is 0.789. The summed E-state index contributed by atoms with van der Waals surface area (Å²) in [6.45, 7) is 2.35. The molecule has 0 saturated carbocycles. The Kier molecular flexibility index (Phi) is 3.54. The van der Waals surface area contributed by atoms with Crippen LogP contribution in [0.2, 0.25) is 0 Å². The standard InChI is InChI=1S/C14H17N5/c1-2-8-18(9-3-1)14-6-4-13(5-7-14)10-17-19-11-15-16-12-19/h4-7,10-12H,1-3,8-9H2/b17-10+. The van der Waals surface area contributed by atoms with Crippen LogP contribution in [0.5, 0.6) is 0 Å². The van der Waals surface area contributed by atoms with Crippen LogP contribution < -0.4 is 4.90 Å². The Hall–Kier alpha value is -2.17. The van der Waals surface area contributed by atoms with Gasteiger partial charge in [-0.2, -0.15) is 5.10 Å². The highest BCUT2D eigenvalue weighted by Crippen LogP contribution is 2.19. The van der Waals surface area contributed by atoms with Crippen molar-refractivity contribution in [2.75, 3.05) is 18.0 Å². The van der Waals surface area contributed by atoms with E-state index in [2.05, 4.69) is 44.5 Å². The monoisotopic (exact) mass is 255 g/mol. The molecule has 1 aromatic carbocycles. The average Bonchev–Trinajstić information content (AvgIpc) is 3.00. The maximum absolute atomic E-state index is 4.23. The number of hydrogen-bond acceptors (Lipinski definition) is 4. The molecule has 0 N–H and O–H groups in total. The lowest BCUT2D eigenvalue weighted by Crippen LogP contribution is -2.29. The molecule has 5 nitrogen and oxygen atoms in total. The molecule has 5 heteroatoms. The van der Waals surface area contributed by atoms with E-state index in [1.807, 2.05) is 6.21 Å². The van der Waals surface area contributed by atoms with Gasteiger partial charge in [0.05, 0.1) is 6.21 Å². The Bertz CT molecular complexity index is 523. The van der Waals surface area contributed by atoms with E-state index in [0.29, 0.717) is 0 Å². The molecule has 2 heterocycles. The number of benzene rings is 1. The summed E-state index contributed by atoms with van der Waals surface area (Å²) < 4.78 is 1.58. The van der Waals surface area contributed by atoms with Crippen LogP contribution in [-0.4, -0.2) is 34.2 Å². The molecule has 19 heavy (non-hydrogen) atoms. The third kappa shape index (κ3) is 2.99. The largest absolute Gasteiger partial charge is 0.372 e. The van der Waals surface area contributed by atoms with Crippen LogP contribution in [0, 0.1) is 0 Å². The first kappa shape index (κ1) is 11.9. The van der Waals surface area contributed by atoms with Crippen molar-refractivity contribution in [3.8, 4) is 0 Å². The van der Waals surface area contributed by atoms with Gasteiger partial charge in [0.1, 0.15) is 12.7 Å². The van der Waals surface area contributed by atoms with E-state index in [-0.39, 0.29) is 0 Å². The lowest BCUT2D eigenvalue weighted by molar-refractivity contribution is 0.578. The van der Waals surface area contributed by atoms with Crippen molar-refractivity contribution in [3.63, 3.8) is 0 Å². The maximum Gasteiger partial charge on any atom is 0.141 e. The third-order valence-corrected chi connectivity index (χ3v) is 3.36. The van der Waals surface area contributed by atoms with E-state index < -0.39 is 0 Å². The predicted molar refractivity (Wildman–Crippen MR) is 75.5 cm³/mol. The summed E-state index contributed by atoms with van der Waals surface area (Å²) in [6.07, 6.45) is 8.91. The molecule has 0 unspecified atom stereocenters. The number of aromatic nitrogens is 3. The van der Waals surface area contributed by atoms with Gasteiger partial charge in [-0.15, -0.1) is 10.2 Å². The molecule has 0 aliphatic carbocycles. The summed E-state index contributed by atoms with van der Waals surface area (Å²) >= 11 is 0. The molecule has 1 aromatic heterocycles. The first-order valence-electron chi connectivity index (χ1n) is 6.66. The number of hydrogen-bond donors (Lipinski definition) is 0. The molecular weight excluding hydrogens is 238 g/mol. The second kappa shape index (κ2) is 5.65. The van der Waals surface area contributed by atoms with Crippen molar-refractivity contribution in [1.29, 1.82) is 0 Å². The van der Waals surface area contributed by atoms with Crippen LogP contribution in [-0.2, 0) is 0 Å². The molecule has 2 aromatic rings. The molecule has 0 spiro atoms. The maximum atomic E-state index is 4.23. The zero-order valence-corrected chi connectivity index (χ0v) is 10.8. The molecule has 0 amide bonds. The van der Waals surface area contributed by atoms with E-state index in [4.69, 9.17) is 0 Å². The summed E-state index contributed by atoms with van der Waals surface area (Å²) in [4.78, 5) is 2.45. The summed E-state index contributed by atoms with van der Waals surface area (Å²) in [5.74, 6) is 0. The number of rotatable bonds is 3. The lowest BCUT2D eigenvalue weighted by Gasteiger charge is -2.28. The first-order valence-corrected chi connectivity index (χ1v) is 6.66. The van der Waals surface area contributed by atoms with Crippen LogP contribution in [0.15, 0.2) is 42.0 Å². The third-order valence-electron chi connectivity index (χ3n) is 3.36. The first-order chi connectivity index (χ1) is 9.42. The van der Waals surface area contributed by atoms with Gasteiger partial charge in [0.15, 0.2) is 0 Å². The lowest BCUT2D eigenvalue weighted by atomic mass is 10.1. The van der Waals surface area contributed by atoms with Crippen LogP contribution in [0.1, 0.15) is 24.8 Å². The van der Waals surface area contributed by atoms with Crippen molar-refractivity contribution in [1.82, 2.24) is 14.9 Å². The summed E-state index contributed by atoms with van der Waals surface area (Å²) in [6, 6.07) is 8.52. The Morgan fingerprint density at radius 1 is 0.947 bits per heavy atom. The van der Waals surface area contributed by atoms with E-state index >= 15 is 0 Å². The van der Waals surface area contributed by atoms with Gasteiger partial charge in [-0.1, -0.05) is 12.1 Å². The minimum absolute atomic E-state index is 1.08. The molecule has 3 rings (SSSR count). The Morgan fingerprint density at radius 2 is 1.63 bits per heavy atom. The fraction of sp³-hybridized carbons (Fsp3) is 0.357. The highest BCUT2D eigenvalue weighted by Gasteiger charge is 2.09. The Morgan fingerprint density at radius 3 is 2.32 bits per heavy atom. The Labute approximate surface area is 112 Å². The van der Waals surface area contributed by atoms with Gasteiger partial charge < -0.3 is 4.90 Å². The van der Waals surface area contributed by atoms with Crippen molar-refractivity contribution >= 4 is 11.9 Å². The van der Waals surface area contributed by atoms with Gasteiger partial charge >= 0.3 is 0 Å². The molecule has 0 radical (unpaired) electrons. The van der Waals surface area contributed by atoms with Crippen LogP contribution >= 0.6 is 0 Å². The normalized spacial score (nSPS) is 16.1. The minimum atomic E-state index is 1.08. The van der Waals surface area contributed by atoms with E-state index in [9.17, 15) is 0 Å². The molecule has 1 saturated heterocycles. The van der Waals surface area contributed by atoms with E-state index in [0.717, 1.165) is 5.56 Å². The molecule has 0 bridgehead atoms. The zero-order chi connectivity index (χ0) is 12.9. The smallest absolute Gasteiger partial charge is 0.141 e. The van der Waals surface area contributed by atoms with E-state index in [1.54, 1.807) is 17.3 Å². The second-order valence-corrected chi connectivity index (χ2v) is 4.73. The van der Waals surface area contributed by atoms with Gasteiger partial charge in [0, 0.05) is 18.8 Å². The van der Waals surface area contributed by atoms with Gasteiger partial charge in [-0.05, 0) is 37.0 Å². The molecule has 0 atom stereocenters. The number of nitrogens with zero attached hydrogens (tertiary/aromatic N) is 5. The van der Waals surface area contributed by atoms with Gasteiger partial charge in [-0.3, -0.25) is 0 Å². The van der Waals surface area contributed by atoms with Gasteiger partial charge in [0.2, 0.25) is 0 Å². The Balaban J connectivity index is 1.68.